The Labute approximate surface area is 147 Å². The lowest BCUT2D eigenvalue weighted by molar-refractivity contribution is -0.142. The van der Waals surface area contributed by atoms with E-state index in [1.165, 1.54) is 18.5 Å². The van der Waals surface area contributed by atoms with Crippen molar-refractivity contribution in [2.45, 2.75) is 50.9 Å². The van der Waals surface area contributed by atoms with Crippen LogP contribution >= 0.6 is 0 Å². The van der Waals surface area contributed by atoms with Crippen LogP contribution in [0.1, 0.15) is 30.7 Å². The topological polar surface area (TPSA) is 67.6 Å². The lowest BCUT2D eigenvalue weighted by Crippen LogP contribution is -2.35. The predicted octanol–water partition coefficient (Wildman–Crippen LogP) is 2.33. The Bertz CT molecular complexity index is 720. The van der Waals surface area contributed by atoms with E-state index in [0.717, 1.165) is 24.4 Å². The zero-order valence-electron chi connectivity index (χ0n) is 14.2. The maximum Gasteiger partial charge on any atom is 0.321 e. The first-order chi connectivity index (χ1) is 12.2. The molecule has 25 heavy (non-hydrogen) atoms. The highest BCUT2D eigenvalue weighted by Gasteiger charge is 2.38. The van der Waals surface area contributed by atoms with Crippen molar-refractivity contribution in [3.05, 3.63) is 47.8 Å². The predicted molar refractivity (Wildman–Crippen MR) is 92.5 cm³/mol. The van der Waals surface area contributed by atoms with Gasteiger partial charge in [-0.1, -0.05) is 18.2 Å². The second-order valence-corrected chi connectivity index (χ2v) is 6.88. The molecule has 0 bridgehead atoms. The summed E-state index contributed by atoms with van der Waals surface area (Å²) in [4.78, 5) is 13.6. The first-order valence-electron chi connectivity index (χ1n) is 8.93. The van der Waals surface area contributed by atoms with Gasteiger partial charge in [0.05, 0.1) is 5.69 Å². The summed E-state index contributed by atoms with van der Waals surface area (Å²) in [5, 5.41) is 14.2. The molecule has 1 saturated heterocycles. The number of carboxylic acids is 1. The van der Waals surface area contributed by atoms with Crippen LogP contribution in [0.3, 0.4) is 0 Å². The zero-order chi connectivity index (χ0) is 17.2. The summed E-state index contributed by atoms with van der Waals surface area (Å²) in [6.07, 6.45) is 3.83. The van der Waals surface area contributed by atoms with Crippen molar-refractivity contribution in [3.63, 3.8) is 0 Å². The van der Waals surface area contributed by atoms with E-state index in [-0.39, 0.29) is 6.10 Å². The molecule has 2 aliphatic rings. The minimum atomic E-state index is -0.789. The monoisotopic (exact) mass is 341 g/mol. The Morgan fingerprint density at radius 3 is 2.88 bits per heavy atom. The Morgan fingerprint density at radius 1 is 1.28 bits per heavy atom. The number of hydrogen-bond donors (Lipinski definition) is 1. The quantitative estimate of drug-likeness (QED) is 0.904. The number of hydrogen-bond acceptors (Lipinski definition) is 4. The molecular weight excluding hydrogens is 318 g/mol. The maximum absolute atomic E-state index is 11.7. The van der Waals surface area contributed by atoms with Gasteiger partial charge in [0.25, 0.3) is 0 Å². The fourth-order valence-corrected chi connectivity index (χ4v) is 3.83. The number of rotatable bonds is 5. The molecule has 1 fully saturated rings. The molecule has 1 aromatic heterocycles. The largest absolute Gasteiger partial charge is 0.489 e. The van der Waals surface area contributed by atoms with Gasteiger partial charge in [0, 0.05) is 31.7 Å². The molecule has 3 heterocycles. The van der Waals surface area contributed by atoms with Gasteiger partial charge in [0.2, 0.25) is 0 Å². The van der Waals surface area contributed by atoms with Crippen LogP contribution in [0.25, 0.3) is 0 Å². The van der Waals surface area contributed by atoms with Crippen molar-refractivity contribution in [3.8, 4) is 5.75 Å². The summed E-state index contributed by atoms with van der Waals surface area (Å²) in [5.74, 6) is -0.000853. The number of likely N-dealkylation sites (tertiary alicyclic amines) is 1. The van der Waals surface area contributed by atoms with Gasteiger partial charge in [-0.15, -0.1) is 0 Å². The molecular formula is C19H23N3O3. The van der Waals surface area contributed by atoms with E-state index in [0.29, 0.717) is 19.5 Å². The van der Waals surface area contributed by atoms with E-state index in [4.69, 9.17) is 4.74 Å². The van der Waals surface area contributed by atoms with Crippen LogP contribution in [0.2, 0.25) is 0 Å². The summed E-state index contributed by atoms with van der Waals surface area (Å²) >= 11 is 0. The molecule has 2 aromatic rings. The van der Waals surface area contributed by atoms with Gasteiger partial charge in [-0.3, -0.25) is 14.4 Å². The van der Waals surface area contributed by atoms with E-state index < -0.39 is 12.0 Å². The number of aryl methyl sites for hydroxylation is 2. The summed E-state index contributed by atoms with van der Waals surface area (Å²) in [5.41, 5.74) is 2.23. The molecule has 0 saturated carbocycles. The minimum absolute atomic E-state index is 0.110. The third-order valence-corrected chi connectivity index (χ3v) is 5.03. The number of benzene rings is 1. The first-order valence-corrected chi connectivity index (χ1v) is 8.93. The Morgan fingerprint density at radius 2 is 2.12 bits per heavy atom. The van der Waals surface area contributed by atoms with Crippen molar-refractivity contribution in [1.82, 2.24) is 14.7 Å². The molecule has 1 N–H and O–H groups in total. The van der Waals surface area contributed by atoms with E-state index in [1.807, 2.05) is 35.2 Å². The number of aromatic nitrogens is 2. The number of carboxylic acid groups (broad SMARTS) is 1. The van der Waals surface area contributed by atoms with E-state index in [9.17, 15) is 9.90 Å². The molecule has 2 atom stereocenters. The molecule has 0 spiro atoms. The van der Waals surface area contributed by atoms with Crippen LogP contribution in [0.15, 0.2) is 36.4 Å². The van der Waals surface area contributed by atoms with Crippen molar-refractivity contribution in [1.29, 1.82) is 0 Å². The third-order valence-electron chi connectivity index (χ3n) is 5.03. The highest BCUT2D eigenvalue weighted by molar-refractivity contribution is 5.74. The number of nitrogens with zero attached hydrogens (tertiary/aromatic N) is 3. The number of para-hydroxylation sites is 1. The molecule has 1 aromatic carbocycles. The number of aliphatic carboxylic acids is 1. The van der Waals surface area contributed by atoms with Crippen molar-refractivity contribution < 1.29 is 14.6 Å². The molecule has 6 nitrogen and oxygen atoms in total. The number of fused-ring (bicyclic) bond motifs is 1. The smallest absolute Gasteiger partial charge is 0.321 e. The lowest BCUT2D eigenvalue weighted by Gasteiger charge is -2.19. The van der Waals surface area contributed by atoms with Gasteiger partial charge >= 0.3 is 5.97 Å². The van der Waals surface area contributed by atoms with Crippen LogP contribution in [0.5, 0.6) is 5.75 Å². The first kappa shape index (κ1) is 16.1. The molecule has 6 heteroatoms. The summed E-state index contributed by atoms with van der Waals surface area (Å²) in [7, 11) is 0. The SMILES string of the molecule is O=C(O)[C@@H]1C[C@H](Oc2ccccc2)CN1Cc1cc2n(n1)CCCC2. The number of ether oxygens (including phenoxy) is 1. The van der Waals surface area contributed by atoms with Gasteiger partial charge in [-0.25, -0.2) is 0 Å². The average Bonchev–Trinajstić information content (AvgIpc) is 3.19. The van der Waals surface area contributed by atoms with Gasteiger partial charge < -0.3 is 9.84 Å². The standard InChI is InChI=1S/C19H23N3O3/c23-19(24)18-11-17(25-16-7-2-1-3-8-16)13-21(18)12-14-10-15-6-4-5-9-22(15)20-14/h1-3,7-8,10,17-18H,4-6,9,11-13H2,(H,23,24)/t17-,18-/m0/s1. The molecule has 0 radical (unpaired) electrons. The third kappa shape index (κ3) is 3.54. The second kappa shape index (κ2) is 6.88. The Hall–Kier alpha value is -2.34. The normalized spacial score (nSPS) is 23.4. The molecule has 0 aliphatic carbocycles. The molecule has 0 unspecified atom stereocenters. The van der Waals surface area contributed by atoms with E-state index in [1.54, 1.807) is 0 Å². The van der Waals surface area contributed by atoms with Crippen LogP contribution in [0, 0.1) is 0 Å². The lowest BCUT2D eigenvalue weighted by atomic mass is 10.1. The Balaban J connectivity index is 1.45. The van der Waals surface area contributed by atoms with Gasteiger partial charge in [0.15, 0.2) is 0 Å². The average molecular weight is 341 g/mol. The van der Waals surface area contributed by atoms with E-state index in [2.05, 4.69) is 15.8 Å². The van der Waals surface area contributed by atoms with Crippen LogP contribution < -0.4 is 4.74 Å². The Kier molecular flexibility index (Phi) is 4.44. The van der Waals surface area contributed by atoms with Crippen LogP contribution in [0.4, 0.5) is 0 Å². The van der Waals surface area contributed by atoms with Crippen LogP contribution in [-0.4, -0.2) is 44.4 Å². The van der Waals surface area contributed by atoms with Crippen molar-refractivity contribution in [2.75, 3.05) is 6.54 Å². The van der Waals surface area contributed by atoms with Gasteiger partial charge in [-0.2, -0.15) is 5.10 Å². The molecule has 4 rings (SSSR count). The maximum atomic E-state index is 11.7. The zero-order valence-corrected chi connectivity index (χ0v) is 14.2. The fourth-order valence-electron chi connectivity index (χ4n) is 3.83. The van der Waals surface area contributed by atoms with Gasteiger partial charge in [0.1, 0.15) is 17.9 Å². The second-order valence-electron chi connectivity index (χ2n) is 6.88. The van der Waals surface area contributed by atoms with Crippen molar-refractivity contribution in [2.24, 2.45) is 0 Å². The van der Waals surface area contributed by atoms with Crippen molar-refractivity contribution >= 4 is 5.97 Å². The highest BCUT2D eigenvalue weighted by Crippen LogP contribution is 2.25. The van der Waals surface area contributed by atoms with Gasteiger partial charge in [-0.05, 0) is 37.5 Å². The van der Waals surface area contributed by atoms with Crippen LogP contribution in [-0.2, 0) is 24.3 Å². The summed E-state index contributed by atoms with van der Waals surface area (Å²) < 4.78 is 8.05. The summed E-state index contributed by atoms with van der Waals surface area (Å²) in [6.45, 7) is 2.14. The summed E-state index contributed by atoms with van der Waals surface area (Å²) in [6, 6.07) is 11.2. The molecule has 0 amide bonds. The molecule has 132 valence electrons. The van der Waals surface area contributed by atoms with E-state index >= 15 is 0 Å². The fraction of sp³-hybridized carbons (Fsp3) is 0.474. The minimum Gasteiger partial charge on any atom is -0.489 e. The molecule has 2 aliphatic heterocycles. The highest BCUT2D eigenvalue weighted by atomic mass is 16.5. The number of carbonyl (C=O) groups is 1.